The number of esters is 1. The second-order valence-corrected chi connectivity index (χ2v) is 9.92. The van der Waals surface area contributed by atoms with Gasteiger partial charge in [0.15, 0.2) is 6.61 Å². The molecule has 3 atom stereocenters. The van der Waals surface area contributed by atoms with Crippen LogP contribution in [0.5, 0.6) is 0 Å². The second kappa shape index (κ2) is 9.81. The molecule has 2 N–H and O–H groups in total. The van der Waals surface area contributed by atoms with Gasteiger partial charge in [0, 0.05) is 13.0 Å². The molecule has 1 fully saturated rings. The Morgan fingerprint density at radius 2 is 1.84 bits per heavy atom. The Bertz CT molecular complexity index is 1090. The van der Waals surface area contributed by atoms with E-state index < -0.39 is 40.7 Å². The van der Waals surface area contributed by atoms with Gasteiger partial charge in [-0.15, -0.1) is 0 Å². The summed E-state index contributed by atoms with van der Waals surface area (Å²) in [6, 6.07) is 12.5. The average Bonchev–Trinajstić information content (AvgIpc) is 3.17. The molecule has 0 radical (unpaired) electrons. The molecule has 0 spiro atoms. The Morgan fingerprint density at radius 3 is 2.50 bits per heavy atom. The Hall–Kier alpha value is -2.75. The third-order valence-electron chi connectivity index (χ3n) is 5.61. The highest BCUT2D eigenvalue weighted by atomic mass is 32.2. The number of sulfonamides is 1. The predicted molar refractivity (Wildman–Crippen MR) is 118 cm³/mol. The van der Waals surface area contributed by atoms with E-state index in [1.807, 2.05) is 37.3 Å². The van der Waals surface area contributed by atoms with Crippen LogP contribution in [-0.2, 0) is 24.3 Å². The lowest BCUT2D eigenvalue weighted by molar-refractivity contribution is -0.151. The summed E-state index contributed by atoms with van der Waals surface area (Å²) in [5.41, 5.74) is 2.64. The van der Waals surface area contributed by atoms with Gasteiger partial charge in [-0.3, -0.25) is 9.59 Å². The molecule has 0 aliphatic carbocycles. The molecular weight excluding hydrogens is 432 g/mol. The summed E-state index contributed by atoms with van der Waals surface area (Å²) < 4.78 is 32.3. The van der Waals surface area contributed by atoms with E-state index >= 15 is 0 Å². The first-order valence-corrected chi connectivity index (χ1v) is 11.8. The molecule has 3 rings (SSSR count). The summed E-state index contributed by atoms with van der Waals surface area (Å²) in [5, 5.41) is 12.8. The monoisotopic (exact) mass is 460 g/mol. The van der Waals surface area contributed by atoms with E-state index in [0.29, 0.717) is 0 Å². The molecule has 2 aromatic rings. The zero-order valence-corrected chi connectivity index (χ0v) is 19.1. The molecule has 0 saturated carbocycles. The number of carbonyl (C=O) groups excluding carboxylic acids is 2. The van der Waals surface area contributed by atoms with Crippen LogP contribution in [0.15, 0.2) is 53.4 Å². The number of hydrogen-bond donors (Lipinski definition) is 2. The highest BCUT2D eigenvalue weighted by Crippen LogP contribution is 2.28. The van der Waals surface area contributed by atoms with Crippen LogP contribution in [0.2, 0.25) is 0 Å². The van der Waals surface area contributed by atoms with E-state index in [1.54, 1.807) is 19.9 Å². The predicted octanol–water partition coefficient (Wildman–Crippen LogP) is 1.85. The zero-order chi connectivity index (χ0) is 23.5. The molecule has 172 valence electrons. The van der Waals surface area contributed by atoms with Crippen molar-refractivity contribution in [3.8, 4) is 0 Å². The van der Waals surface area contributed by atoms with Crippen molar-refractivity contribution >= 4 is 21.9 Å². The summed E-state index contributed by atoms with van der Waals surface area (Å²) in [6.07, 6.45) is -1.09. The van der Waals surface area contributed by atoms with Gasteiger partial charge >= 0.3 is 5.97 Å². The van der Waals surface area contributed by atoms with Crippen molar-refractivity contribution in [3.63, 3.8) is 0 Å². The summed E-state index contributed by atoms with van der Waals surface area (Å²) in [5.74, 6) is -1.37. The van der Waals surface area contributed by atoms with Gasteiger partial charge in [0.05, 0.1) is 17.0 Å². The third kappa shape index (κ3) is 5.35. The largest absolute Gasteiger partial charge is 0.454 e. The summed E-state index contributed by atoms with van der Waals surface area (Å²) in [7, 11) is -4.03. The maximum atomic E-state index is 13.1. The minimum Gasteiger partial charge on any atom is -0.454 e. The zero-order valence-electron chi connectivity index (χ0n) is 18.3. The molecule has 0 bridgehead atoms. The molecule has 1 heterocycles. The molecular formula is C23H28N2O6S. The Labute approximate surface area is 188 Å². The molecule has 0 aromatic heterocycles. The highest BCUT2D eigenvalue weighted by molar-refractivity contribution is 7.89. The van der Waals surface area contributed by atoms with Crippen molar-refractivity contribution in [2.75, 3.05) is 13.2 Å². The SMILES string of the molecule is Cc1ccc(S(=O)(=O)N2CC(O)CC2C(=O)OCC(=O)NC(C)c2ccccc2)cc1C. The van der Waals surface area contributed by atoms with Crippen LogP contribution < -0.4 is 5.32 Å². The smallest absolute Gasteiger partial charge is 0.325 e. The van der Waals surface area contributed by atoms with Gasteiger partial charge in [-0.05, 0) is 49.6 Å². The van der Waals surface area contributed by atoms with Crippen LogP contribution in [0.3, 0.4) is 0 Å². The Kier molecular flexibility index (Phi) is 7.33. The standard InChI is InChI=1S/C23H28N2O6S/c1-15-9-10-20(11-16(15)2)32(29,30)25-13-19(26)12-21(25)23(28)31-14-22(27)24-17(3)18-7-5-4-6-8-18/h4-11,17,19,21,26H,12-14H2,1-3H3,(H,24,27). The van der Waals surface area contributed by atoms with E-state index in [9.17, 15) is 23.1 Å². The van der Waals surface area contributed by atoms with Crippen LogP contribution >= 0.6 is 0 Å². The number of nitrogens with zero attached hydrogens (tertiary/aromatic N) is 1. The molecule has 9 heteroatoms. The van der Waals surface area contributed by atoms with Gasteiger partial charge in [0.2, 0.25) is 10.0 Å². The number of aliphatic hydroxyl groups excluding tert-OH is 1. The van der Waals surface area contributed by atoms with Gasteiger partial charge in [0.1, 0.15) is 6.04 Å². The van der Waals surface area contributed by atoms with Crippen LogP contribution in [0.25, 0.3) is 0 Å². The lowest BCUT2D eigenvalue weighted by Crippen LogP contribution is -2.42. The highest BCUT2D eigenvalue weighted by Gasteiger charge is 2.44. The number of nitrogens with one attached hydrogen (secondary N) is 1. The molecule has 8 nitrogen and oxygen atoms in total. The molecule has 1 saturated heterocycles. The molecule has 1 aliphatic rings. The van der Waals surface area contributed by atoms with Gasteiger partial charge in [-0.25, -0.2) is 8.42 Å². The topological polar surface area (TPSA) is 113 Å². The van der Waals surface area contributed by atoms with E-state index in [4.69, 9.17) is 4.74 Å². The summed E-state index contributed by atoms with van der Waals surface area (Å²) in [6.45, 7) is 4.72. The second-order valence-electron chi connectivity index (χ2n) is 8.03. The van der Waals surface area contributed by atoms with Crippen LogP contribution in [0.1, 0.15) is 36.1 Å². The first-order valence-electron chi connectivity index (χ1n) is 10.4. The van der Waals surface area contributed by atoms with Crippen molar-refractivity contribution in [2.45, 2.75) is 50.3 Å². The van der Waals surface area contributed by atoms with E-state index in [-0.39, 0.29) is 23.9 Å². The maximum Gasteiger partial charge on any atom is 0.325 e. The van der Waals surface area contributed by atoms with Gasteiger partial charge in [-0.1, -0.05) is 36.4 Å². The number of ether oxygens (including phenoxy) is 1. The molecule has 1 amide bonds. The quantitative estimate of drug-likeness (QED) is 0.610. The number of benzene rings is 2. The Balaban J connectivity index is 1.65. The van der Waals surface area contributed by atoms with Crippen LogP contribution in [0.4, 0.5) is 0 Å². The first kappa shape index (κ1) is 23.9. The lowest BCUT2D eigenvalue weighted by atomic mass is 10.1. The fourth-order valence-electron chi connectivity index (χ4n) is 3.62. The summed E-state index contributed by atoms with van der Waals surface area (Å²) >= 11 is 0. The number of aliphatic hydroxyl groups is 1. The number of aryl methyl sites for hydroxylation is 2. The van der Waals surface area contributed by atoms with Crippen LogP contribution in [-0.4, -0.2) is 55.0 Å². The average molecular weight is 461 g/mol. The van der Waals surface area contributed by atoms with Gasteiger partial charge in [0.25, 0.3) is 5.91 Å². The normalized spacial score (nSPS) is 20.0. The summed E-state index contributed by atoms with van der Waals surface area (Å²) in [4.78, 5) is 24.9. The van der Waals surface area contributed by atoms with Crippen molar-refractivity contribution in [3.05, 3.63) is 65.2 Å². The number of β-amino-alcohol motifs (C(OH)–C–C–N with tert-alkyl or cyclic N) is 1. The van der Waals surface area contributed by atoms with Crippen molar-refractivity contribution in [2.24, 2.45) is 0 Å². The van der Waals surface area contributed by atoms with Crippen molar-refractivity contribution in [1.82, 2.24) is 9.62 Å². The van der Waals surface area contributed by atoms with E-state index in [2.05, 4.69) is 5.32 Å². The van der Waals surface area contributed by atoms with Gasteiger partial charge < -0.3 is 15.2 Å². The van der Waals surface area contributed by atoms with E-state index in [0.717, 1.165) is 21.0 Å². The minimum absolute atomic E-state index is 0.0435. The molecule has 3 unspecified atom stereocenters. The fraction of sp³-hybridized carbons (Fsp3) is 0.391. The Morgan fingerprint density at radius 1 is 1.16 bits per heavy atom. The molecule has 2 aromatic carbocycles. The number of carbonyl (C=O) groups is 2. The number of rotatable bonds is 7. The third-order valence-corrected chi connectivity index (χ3v) is 7.48. The molecule has 32 heavy (non-hydrogen) atoms. The minimum atomic E-state index is -4.03. The fourth-order valence-corrected chi connectivity index (χ4v) is 5.33. The van der Waals surface area contributed by atoms with Gasteiger partial charge in [-0.2, -0.15) is 4.31 Å². The van der Waals surface area contributed by atoms with Crippen molar-refractivity contribution < 1.29 is 27.9 Å². The number of hydrogen-bond acceptors (Lipinski definition) is 6. The first-order chi connectivity index (χ1) is 15.1. The lowest BCUT2D eigenvalue weighted by Gasteiger charge is -2.23. The van der Waals surface area contributed by atoms with Crippen LogP contribution in [0, 0.1) is 13.8 Å². The molecule has 1 aliphatic heterocycles. The van der Waals surface area contributed by atoms with E-state index in [1.165, 1.54) is 12.1 Å². The number of amides is 1. The maximum absolute atomic E-state index is 13.1. The van der Waals surface area contributed by atoms with Crippen molar-refractivity contribution in [1.29, 1.82) is 0 Å².